The highest BCUT2D eigenvalue weighted by Crippen LogP contribution is 2.28. The molecule has 0 fully saturated rings. The lowest BCUT2D eigenvalue weighted by atomic mass is 10.1. The van der Waals surface area contributed by atoms with E-state index in [4.69, 9.17) is 5.11 Å². The molecule has 0 aliphatic carbocycles. The average molecular weight is 286 g/mol. The highest BCUT2D eigenvalue weighted by atomic mass is 19.1. The van der Waals surface area contributed by atoms with Crippen LogP contribution in [0, 0.1) is 5.82 Å². The summed E-state index contributed by atoms with van der Waals surface area (Å²) < 4.78 is 13.4. The Balaban J connectivity index is 2.11. The molecule has 0 unspecified atom stereocenters. The summed E-state index contributed by atoms with van der Waals surface area (Å²) in [5, 5.41) is 8.90. The number of aromatic nitrogens is 1. The first-order valence-electron chi connectivity index (χ1n) is 5.86. The molecule has 1 N–H and O–H groups in total. The maximum atomic E-state index is 13.4. The van der Waals surface area contributed by atoms with Gasteiger partial charge in [-0.25, -0.2) is 14.1 Å². The zero-order valence-corrected chi connectivity index (χ0v) is 10.4. The number of carbonyl (C=O) groups excluding carboxylic acids is 2. The Morgan fingerprint density at radius 2 is 1.86 bits per heavy atom. The summed E-state index contributed by atoms with van der Waals surface area (Å²) >= 11 is 0. The van der Waals surface area contributed by atoms with E-state index in [1.807, 2.05) is 0 Å². The van der Waals surface area contributed by atoms with Gasteiger partial charge in [0, 0.05) is 12.4 Å². The van der Waals surface area contributed by atoms with Gasteiger partial charge in [0.2, 0.25) is 0 Å². The molecule has 0 bridgehead atoms. The zero-order valence-electron chi connectivity index (χ0n) is 10.4. The van der Waals surface area contributed by atoms with Crippen molar-refractivity contribution >= 4 is 23.5 Å². The number of pyridine rings is 1. The van der Waals surface area contributed by atoms with Crippen LogP contribution in [0.5, 0.6) is 0 Å². The van der Waals surface area contributed by atoms with E-state index in [1.54, 1.807) is 0 Å². The van der Waals surface area contributed by atoms with Crippen molar-refractivity contribution in [2.45, 2.75) is 0 Å². The van der Waals surface area contributed by atoms with Gasteiger partial charge in [-0.1, -0.05) is 0 Å². The van der Waals surface area contributed by atoms with Gasteiger partial charge in [0.25, 0.3) is 11.8 Å². The fourth-order valence-corrected chi connectivity index (χ4v) is 2.14. The smallest absolute Gasteiger partial charge is 0.338 e. The van der Waals surface area contributed by atoms with Crippen LogP contribution >= 0.6 is 0 Å². The first-order chi connectivity index (χ1) is 10.0. The minimum absolute atomic E-state index is 0.000000000000000222. The minimum atomic E-state index is -1.48. The number of anilines is 1. The van der Waals surface area contributed by atoms with Gasteiger partial charge in [-0.3, -0.25) is 14.6 Å². The lowest BCUT2D eigenvalue weighted by Gasteiger charge is -2.14. The Morgan fingerprint density at radius 3 is 2.52 bits per heavy atom. The van der Waals surface area contributed by atoms with Crippen LogP contribution in [0.15, 0.2) is 36.7 Å². The molecule has 6 nitrogen and oxygen atoms in total. The number of carbonyl (C=O) groups is 3. The maximum absolute atomic E-state index is 13.4. The molecule has 0 saturated carbocycles. The molecule has 1 aromatic heterocycles. The van der Waals surface area contributed by atoms with Crippen molar-refractivity contribution < 1.29 is 23.9 Å². The van der Waals surface area contributed by atoms with Gasteiger partial charge in [0.05, 0.1) is 22.4 Å². The second-order valence-electron chi connectivity index (χ2n) is 4.34. The number of aromatic carboxylic acids is 1. The Bertz CT molecular complexity index is 768. The fourth-order valence-electron chi connectivity index (χ4n) is 2.14. The molecule has 1 aliphatic heterocycles. The van der Waals surface area contributed by atoms with Gasteiger partial charge in [0.1, 0.15) is 5.82 Å². The Morgan fingerprint density at radius 1 is 1.14 bits per heavy atom. The molecule has 2 heterocycles. The molecule has 21 heavy (non-hydrogen) atoms. The molecular weight excluding hydrogens is 279 g/mol. The van der Waals surface area contributed by atoms with Crippen molar-refractivity contribution in [3.05, 3.63) is 59.2 Å². The van der Waals surface area contributed by atoms with Crippen molar-refractivity contribution in [2.24, 2.45) is 0 Å². The Hall–Kier alpha value is -3.09. The van der Waals surface area contributed by atoms with Crippen LogP contribution < -0.4 is 4.90 Å². The number of halogens is 1. The van der Waals surface area contributed by atoms with Gasteiger partial charge in [-0.15, -0.1) is 0 Å². The summed E-state index contributed by atoms with van der Waals surface area (Å²) in [7, 11) is 0. The standard InChI is InChI=1S/C14H7FN2O4/c15-11-2-1-7(5-9(11)14(20)21)17-12(18)8-3-4-16-6-10(8)13(17)19/h1-6H,(H,20,21). The van der Waals surface area contributed by atoms with E-state index < -0.39 is 29.2 Å². The molecular formula is C14H7FN2O4. The predicted octanol–water partition coefficient (Wildman–Crippen LogP) is 1.72. The van der Waals surface area contributed by atoms with Crippen LogP contribution in [0.4, 0.5) is 10.1 Å². The highest BCUT2D eigenvalue weighted by Gasteiger charge is 2.37. The van der Waals surface area contributed by atoms with Crippen LogP contribution in [0.25, 0.3) is 0 Å². The molecule has 0 saturated heterocycles. The molecule has 2 amide bonds. The summed E-state index contributed by atoms with van der Waals surface area (Å²) in [6, 6.07) is 4.43. The number of benzene rings is 1. The van der Waals surface area contributed by atoms with Crippen LogP contribution in [-0.4, -0.2) is 27.9 Å². The molecule has 0 spiro atoms. The van der Waals surface area contributed by atoms with Gasteiger partial charge < -0.3 is 5.11 Å². The Kier molecular flexibility index (Phi) is 2.76. The Labute approximate surface area is 117 Å². The number of fused-ring (bicyclic) bond motifs is 1. The van der Waals surface area contributed by atoms with Crippen molar-refractivity contribution in [1.82, 2.24) is 4.98 Å². The molecule has 104 valence electrons. The first kappa shape index (κ1) is 12.9. The van der Waals surface area contributed by atoms with Crippen LogP contribution in [0.1, 0.15) is 31.1 Å². The maximum Gasteiger partial charge on any atom is 0.338 e. The van der Waals surface area contributed by atoms with Crippen molar-refractivity contribution in [3.63, 3.8) is 0 Å². The summed E-state index contributed by atoms with van der Waals surface area (Å²) in [4.78, 5) is 39.9. The summed E-state index contributed by atoms with van der Waals surface area (Å²) in [6.45, 7) is 0. The molecule has 0 atom stereocenters. The minimum Gasteiger partial charge on any atom is -0.478 e. The van der Waals surface area contributed by atoms with Gasteiger partial charge >= 0.3 is 5.97 Å². The summed E-state index contributed by atoms with van der Waals surface area (Å²) in [6.07, 6.45) is 2.64. The zero-order chi connectivity index (χ0) is 15.1. The van der Waals surface area contributed by atoms with E-state index in [0.717, 1.165) is 17.0 Å². The molecule has 2 aromatic rings. The number of hydrogen-bond donors (Lipinski definition) is 1. The number of hydrogen-bond acceptors (Lipinski definition) is 4. The van der Waals surface area contributed by atoms with Crippen LogP contribution in [0.2, 0.25) is 0 Å². The summed E-state index contributed by atoms with van der Waals surface area (Å²) in [5.74, 6) is -3.64. The summed E-state index contributed by atoms with van der Waals surface area (Å²) in [5.41, 5.74) is -0.304. The fraction of sp³-hybridized carbons (Fsp3) is 0. The van der Waals surface area contributed by atoms with Gasteiger partial charge in [-0.05, 0) is 24.3 Å². The number of amides is 2. The van der Waals surface area contributed by atoms with E-state index in [1.165, 1.54) is 24.5 Å². The van der Waals surface area contributed by atoms with Crippen LogP contribution in [-0.2, 0) is 0 Å². The molecule has 0 radical (unpaired) electrons. The molecule has 7 heteroatoms. The van der Waals surface area contributed by atoms with Gasteiger partial charge in [0.15, 0.2) is 0 Å². The number of rotatable bonds is 2. The van der Waals surface area contributed by atoms with Gasteiger partial charge in [-0.2, -0.15) is 0 Å². The number of nitrogens with zero attached hydrogens (tertiary/aromatic N) is 2. The third-order valence-electron chi connectivity index (χ3n) is 3.13. The average Bonchev–Trinajstić information content (AvgIpc) is 2.72. The topological polar surface area (TPSA) is 87.6 Å². The van der Waals surface area contributed by atoms with E-state index in [9.17, 15) is 18.8 Å². The van der Waals surface area contributed by atoms with Crippen LogP contribution in [0.3, 0.4) is 0 Å². The largest absolute Gasteiger partial charge is 0.478 e. The predicted molar refractivity (Wildman–Crippen MR) is 68.7 cm³/mol. The monoisotopic (exact) mass is 286 g/mol. The van der Waals surface area contributed by atoms with Crippen molar-refractivity contribution in [2.75, 3.05) is 4.90 Å². The quantitative estimate of drug-likeness (QED) is 0.849. The third-order valence-corrected chi connectivity index (χ3v) is 3.13. The van der Waals surface area contributed by atoms with Crippen molar-refractivity contribution in [3.8, 4) is 0 Å². The first-order valence-corrected chi connectivity index (χ1v) is 5.86. The lowest BCUT2D eigenvalue weighted by Crippen LogP contribution is -2.29. The van der Waals surface area contributed by atoms with E-state index in [0.29, 0.717) is 0 Å². The van der Waals surface area contributed by atoms with E-state index >= 15 is 0 Å². The SMILES string of the molecule is O=C(O)c1cc(N2C(=O)c3ccncc3C2=O)ccc1F. The molecule has 1 aromatic carbocycles. The lowest BCUT2D eigenvalue weighted by molar-refractivity contribution is 0.0690. The highest BCUT2D eigenvalue weighted by molar-refractivity contribution is 6.34. The third kappa shape index (κ3) is 1.86. The number of carboxylic acids is 1. The normalized spacial score (nSPS) is 13.5. The molecule has 1 aliphatic rings. The molecule has 3 rings (SSSR count). The van der Waals surface area contributed by atoms with E-state index in [-0.39, 0.29) is 16.8 Å². The number of carboxylic acid groups (broad SMARTS) is 1. The van der Waals surface area contributed by atoms with Crippen molar-refractivity contribution in [1.29, 1.82) is 0 Å². The number of imide groups is 1. The second-order valence-corrected chi connectivity index (χ2v) is 4.34. The second kappa shape index (κ2) is 4.48. The van der Waals surface area contributed by atoms with E-state index in [2.05, 4.69) is 4.98 Å².